The second-order valence-corrected chi connectivity index (χ2v) is 6.38. The average Bonchev–Trinajstić information content (AvgIpc) is 2.48. The van der Waals surface area contributed by atoms with E-state index in [1.165, 1.54) is 0 Å². The van der Waals surface area contributed by atoms with E-state index in [9.17, 15) is 4.79 Å². The number of rotatable bonds is 3. The van der Waals surface area contributed by atoms with Crippen LogP contribution < -0.4 is 10.6 Å². The maximum absolute atomic E-state index is 12.3. The number of carbonyl (C=O) groups is 1. The molecule has 0 aromatic heterocycles. The summed E-state index contributed by atoms with van der Waals surface area (Å²) in [5.74, 6) is 0.173. The van der Waals surface area contributed by atoms with Crippen LogP contribution in [0.5, 0.6) is 0 Å². The summed E-state index contributed by atoms with van der Waals surface area (Å²) in [5.41, 5.74) is 1.25. The second-order valence-electron chi connectivity index (χ2n) is 6.38. The summed E-state index contributed by atoms with van der Waals surface area (Å²) < 4.78 is 0. The average molecular weight is 285 g/mol. The summed E-state index contributed by atoms with van der Waals surface area (Å²) in [4.78, 5) is 12.3. The normalized spacial score (nSPS) is 22.4. The van der Waals surface area contributed by atoms with Crippen molar-refractivity contribution in [3.63, 3.8) is 0 Å². The zero-order valence-corrected chi connectivity index (χ0v) is 12.9. The van der Waals surface area contributed by atoms with Crippen LogP contribution in [0.1, 0.15) is 39.2 Å². The van der Waals surface area contributed by atoms with Crippen LogP contribution in [0.15, 0.2) is 24.3 Å². The van der Waals surface area contributed by atoms with E-state index < -0.39 is 5.41 Å². The van der Waals surface area contributed by atoms with E-state index in [1.807, 2.05) is 38.1 Å². The quantitative estimate of drug-likeness (QED) is 0.897. The zero-order valence-electron chi connectivity index (χ0n) is 12.9. The summed E-state index contributed by atoms with van der Waals surface area (Å²) >= 11 is 0. The molecule has 0 spiro atoms. The highest BCUT2D eigenvalue weighted by atomic mass is 16.1. The van der Waals surface area contributed by atoms with Crippen molar-refractivity contribution >= 4 is 11.6 Å². The highest BCUT2D eigenvalue weighted by molar-refractivity contribution is 5.92. The molecule has 4 nitrogen and oxygen atoms in total. The van der Waals surface area contributed by atoms with E-state index in [-0.39, 0.29) is 11.8 Å². The first kappa shape index (κ1) is 15.5. The minimum atomic E-state index is -0.507. The lowest BCUT2D eigenvalue weighted by atomic mass is 9.86. The molecule has 0 bridgehead atoms. The van der Waals surface area contributed by atoms with Crippen LogP contribution in [0.3, 0.4) is 0 Å². The van der Waals surface area contributed by atoms with Crippen molar-refractivity contribution in [1.29, 1.82) is 5.26 Å². The minimum Gasteiger partial charge on any atom is -0.326 e. The zero-order chi connectivity index (χ0) is 15.5. The molecule has 2 unspecified atom stereocenters. The first-order chi connectivity index (χ1) is 9.92. The van der Waals surface area contributed by atoms with Gasteiger partial charge in [0.25, 0.3) is 0 Å². The van der Waals surface area contributed by atoms with Gasteiger partial charge in [-0.05, 0) is 57.9 Å². The molecule has 1 amide bonds. The lowest BCUT2D eigenvalue weighted by Gasteiger charge is -2.27. The molecule has 4 heteroatoms. The molecule has 1 heterocycles. The number of amides is 1. The highest BCUT2D eigenvalue weighted by Gasteiger charge is 2.25. The Hall–Kier alpha value is -1.86. The Kier molecular flexibility index (Phi) is 4.64. The van der Waals surface area contributed by atoms with Gasteiger partial charge in [-0.25, -0.2) is 0 Å². The van der Waals surface area contributed by atoms with Crippen LogP contribution in [0.2, 0.25) is 0 Å². The Morgan fingerprint density at radius 1 is 1.38 bits per heavy atom. The smallest absolute Gasteiger partial charge is 0.227 e. The van der Waals surface area contributed by atoms with E-state index in [0.717, 1.165) is 30.6 Å². The number of anilines is 1. The number of benzene rings is 1. The fourth-order valence-corrected chi connectivity index (χ4v) is 2.65. The number of piperidine rings is 1. The Bertz CT molecular complexity index is 542. The molecular formula is C17H23N3O. The molecule has 0 saturated carbocycles. The predicted molar refractivity (Wildman–Crippen MR) is 83.9 cm³/mol. The van der Waals surface area contributed by atoms with Crippen molar-refractivity contribution in [3.8, 4) is 6.07 Å². The third-order valence-corrected chi connectivity index (χ3v) is 4.15. The van der Waals surface area contributed by atoms with E-state index in [2.05, 4.69) is 23.6 Å². The predicted octanol–water partition coefficient (Wildman–Crippen LogP) is 2.81. The number of hydrogen-bond donors (Lipinski definition) is 2. The van der Waals surface area contributed by atoms with E-state index >= 15 is 0 Å². The highest BCUT2D eigenvalue weighted by Crippen LogP contribution is 2.24. The van der Waals surface area contributed by atoms with Crippen molar-refractivity contribution in [3.05, 3.63) is 29.8 Å². The Labute approximate surface area is 126 Å². The largest absolute Gasteiger partial charge is 0.326 e. The second kappa shape index (κ2) is 6.28. The van der Waals surface area contributed by atoms with E-state index in [1.54, 1.807) is 0 Å². The van der Waals surface area contributed by atoms with Crippen LogP contribution in [-0.2, 0) is 10.2 Å². The van der Waals surface area contributed by atoms with Gasteiger partial charge in [0.15, 0.2) is 0 Å². The maximum atomic E-state index is 12.3. The van der Waals surface area contributed by atoms with Crippen LogP contribution in [-0.4, -0.2) is 18.5 Å². The SMILES string of the molecule is CC1CC(C(=O)Nc2ccc(C(C)(C)C#N)cc2)CCN1. The molecule has 1 aliphatic heterocycles. The summed E-state index contributed by atoms with van der Waals surface area (Å²) in [6.07, 6.45) is 1.76. The standard InChI is InChI=1S/C17H23N3O/c1-12-10-13(8-9-19-12)16(21)20-15-6-4-14(5-7-15)17(2,3)11-18/h4-7,12-13,19H,8-10H2,1-3H3,(H,20,21). The van der Waals surface area contributed by atoms with Gasteiger partial charge in [0.2, 0.25) is 5.91 Å². The summed E-state index contributed by atoms with van der Waals surface area (Å²) in [7, 11) is 0. The minimum absolute atomic E-state index is 0.0801. The maximum Gasteiger partial charge on any atom is 0.227 e. The lowest BCUT2D eigenvalue weighted by molar-refractivity contribution is -0.120. The van der Waals surface area contributed by atoms with Crippen molar-refractivity contribution in [2.45, 2.75) is 45.1 Å². The number of hydrogen-bond acceptors (Lipinski definition) is 3. The van der Waals surface area contributed by atoms with Gasteiger partial charge in [0.1, 0.15) is 0 Å². The fraction of sp³-hybridized carbons (Fsp3) is 0.529. The van der Waals surface area contributed by atoms with Crippen LogP contribution in [0.25, 0.3) is 0 Å². The summed E-state index contributed by atoms with van der Waals surface area (Å²) in [6.45, 7) is 6.78. The molecule has 0 aliphatic carbocycles. The summed E-state index contributed by atoms with van der Waals surface area (Å²) in [5, 5.41) is 15.5. The molecule has 2 atom stereocenters. The Morgan fingerprint density at radius 2 is 2.05 bits per heavy atom. The van der Waals surface area contributed by atoms with E-state index in [4.69, 9.17) is 5.26 Å². The molecule has 1 fully saturated rings. The molecule has 1 aromatic carbocycles. The molecule has 2 rings (SSSR count). The Morgan fingerprint density at radius 3 is 2.62 bits per heavy atom. The van der Waals surface area contributed by atoms with Gasteiger partial charge >= 0.3 is 0 Å². The van der Waals surface area contributed by atoms with Gasteiger partial charge in [-0.1, -0.05) is 12.1 Å². The monoisotopic (exact) mass is 285 g/mol. The van der Waals surface area contributed by atoms with Crippen LogP contribution >= 0.6 is 0 Å². The topological polar surface area (TPSA) is 64.9 Å². The van der Waals surface area contributed by atoms with Gasteiger partial charge in [-0.3, -0.25) is 4.79 Å². The van der Waals surface area contributed by atoms with Crippen molar-refractivity contribution in [1.82, 2.24) is 5.32 Å². The fourth-order valence-electron chi connectivity index (χ4n) is 2.65. The third-order valence-electron chi connectivity index (χ3n) is 4.15. The van der Waals surface area contributed by atoms with Gasteiger partial charge in [-0.15, -0.1) is 0 Å². The molecule has 1 saturated heterocycles. The van der Waals surface area contributed by atoms with Gasteiger partial charge in [0.05, 0.1) is 11.5 Å². The van der Waals surface area contributed by atoms with Crippen LogP contribution in [0, 0.1) is 17.2 Å². The molecule has 2 N–H and O–H groups in total. The molecular weight excluding hydrogens is 262 g/mol. The molecule has 112 valence electrons. The number of carbonyl (C=O) groups excluding carboxylic acids is 1. The molecule has 1 aliphatic rings. The Balaban J connectivity index is 2.00. The van der Waals surface area contributed by atoms with Gasteiger partial charge in [0, 0.05) is 17.6 Å². The van der Waals surface area contributed by atoms with Crippen molar-refractivity contribution in [2.75, 3.05) is 11.9 Å². The molecule has 0 radical (unpaired) electrons. The third kappa shape index (κ3) is 3.83. The molecule has 1 aromatic rings. The number of nitrogens with one attached hydrogen (secondary N) is 2. The first-order valence-electron chi connectivity index (χ1n) is 7.48. The van der Waals surface area contributed by atoms with Crippen molar-refractivity contribution < 1.29 is 4.79 Å². The van der Waals surface area contributed by atoms with Gasteiger partial charge in [-0.2, -0.15) is 5.26 Å². The molecule has 21 heavy (non-hydrogen) atoms. The first-order valence-corrected chi connectivity index (χ1v) is 7.48. The lowest BCUT2D eigenvalue weighted by Crippen LogP contribution is -2.40. The number of nitriles is 1. The van der Waals surface area contributed by atoms with E-state index in [0.29, 0.717) is 6.04 Å². The van der Waals surface area contributed by atoms with Crippen molar-refractivity contribution in [2.24, 2.45) is 5.92 Å². The van der Waals surface area contributed by atoms with Gasteiger partial charge < -0.3 is 10.6 Å². The summed E-state index contributed by atoms with van der Waals surface area (Å²) in [6, 6.07) is 10.2. The van der Waals surface area contributed by atoms with Crippen LogP contribution in [0.4, 0.5) is 5.69 Å². The number of nitrogens with zero attached hydrogens (tertiary/aromatic N) is 1.